The minimum atomic E-state index is -0.272. The van der Waals surface area contributed by atoms with Gasteiger partial charge in [0.2, 0.25) is 5.91 Å². The number of benzene rings is 1. The van der Waals surface area contributed by atoms with Crippen LogP contribution in [-0.4, -0.2) is 42.7 Å². The Morgan fingerprint density at radius 3 is 2.57 bits per heavy atom. The second-order valence-electron chi connectivity index (χ2n) is 6.75. The minimum absolute atomic E-state index is 0.102. The molecule has 0 saturated heterocycles. The molecule has 0 aliphatic carbocycles. The molecule has 0 aliphatic heterocycles. The highest BCUT2D eigenvalue weighted by Crippen LogP contribution is 2.11. The highest BCUT2D eigenvalue weighted by molar-refractivity contribution is 6.27. The average Bonchev–Trinajstić information content (AvgIpc) is 3.22. The molecular weight excluding hydrogens is 406 g/mol. The second kappa shape index (κ2) is 9.45. The molecule has 156 valence electrons. The zero-order valence-electron chi connectivity index (χ0n) is 16.9. The van der Waals surface area contributed by atoms with Gasteiger partial charge in [-0.1, -0.05) is 17.3 Å². The Morgan fingerprint density at radius 2 is 1.80 bits per heavy atom. The lowest BCUT2D eigenvalue weighted by molar-refractivity contribution is -0.118. The Bertz CT molecular complexity index is 1080. The van der Waals surface area contributed by atoms with Gasteiger partial charge in [-0.3, -0.25) is 14.6 Å². The van der Waals surface area contributed by atoms with Crippen molar-refractivity contribution in [2.75, 3.05) is 5.88 Å². The smallest absolute Gasteiger partial charge is 0.272 e. The van der Waals surface area contributed by atoms with Crippen LogP contribution in [0.15, 0.2) is 30.5 Å². The van der Waals surface area contributed by atoms with Gasteiger partial charge in [-0.2, -0.15) is 0 Å². The first-order chi connectivity index (χ1) is 14.4. The molecule has 0 aliphatic rings. The summed E-state index contributed by atoms with van der Waals surface area (Å²) in [6, 6.07) is 7.55. The van der Waals surface area contributed by atoms with Crippen LogP contribution in [0.4, 0.5) is 0 Å². The van der Waals surface area contributed by atoms with Crippen molar-refractivity contribution < 1.29 is 9.59 Å². The SMILES string of the molecule is Cc1nc(C)c(C(=O)NCc2cccc(-n3cc(CNC(=O)CCl)nn3)c2)nc1C. The van der Waals surface area contributed by atoms with E-state index in [1.54, 1.807) is 17.8 Å². The number of aromatic nitrogens is 5. The van der Waals surface area contributed by atoms with Crippen LogP contribution in [0, 0.1) is 20.8 Å². The van der Waals surface area contributed by atoms with E-state index in [9.17, 15) is 9.59 Å². The third-order valence-electron chi connectivity index (χ3n) is 4.45. The van der Waals surface area contributed by atoms with E-state index in [0.29, 0.717) is 23.6 Å². The number of nitrogens with zero attached hydrogens (tertiary/aromatic N) is 5. The zero-order valence-corrected chi connectivity index (χ0v) is 17.7. The summed E-state index contributed by atoms with van der Waals surface area (Å²) in [5.74, 6) is -0.644. The molecule has 0 fully saturated rings. The average molecular weight is 428 g/mol. The molecule has 10 heteroatoms. The predicted molar refractivity (Wildman–Crippen MR) is 111 cm³/mol. The van der Waals surface area contributed by atoms with E-state index in [1.165, 1.54) is 0 Å². The summed E-state index contributed by atoms with van der Waals surface area (Å²) in [6.07, 6.45) is 1.72. The molecule has 2 amide bonds. The molecule has 2 aromatic heterocycles. The summed E-state index contributed by atoms with van der Waals surface area (Å²) in [6.45, 7) is 6.04. The topological polar surface area (TPSA) is 115 Å². The third-order valence-corrected chi connectivity index (χ3v) is 4.70. The zero-order chi connectivity index (χ0) is 21.7. The number of hydrogen-bond donors (Lipinski definition) is 2. The van der Waals surface area contributed by atoms with E-state index in [0.717, 1.165) is 22.6 Å². The van der Waals surface area contributed by atoms with E-state index in [4.69, 9.17) is 11.6 Å². The lowest BCUT2D eigenvalue weighted by atomic mass is 10.2. The van der Waals surface area contributed by atoms with Crippen LogP contribution >= 0.6 is 11.6 Å². The number of nitrogens with one attached hydrogen (secondary N) is 2. The Morgan fingerprint density at radius 1 is 1.03 bits per heavy atom. The van der Waals surface area contributed by atoms with Crippen LogP contribution < -0.4 is 10.6 Å². The molecular formula is C20H22ClN7O2. The molecule has 9 nitrogen and oxygen atoms in total. The predicted octanol–water partition coefficient (Wildman–Crippen LogP) is 1.77. The van der Waals surface area contributed by atoms with Gasteiger partial charge in [0.25, 0.3) is 5.91 Å². The Kier molecular flexibility index (Phi) is 6.73. The molecule has 0 saturated carbocycles. The number of carbonyl (C=O) groups is 2. The van der Waals surface area contributed by atoms with Crippen molar-refractivity contribution in [3.8, 4) is 5.69 Å². The number of alkyl halides is 1. The quantitative estimate of drug-likeness (QED) is 0.555. The molecule has 0 spiro atoms. The number of halogens is 1. The monoisotopic (exact) mass is 427 g/mol. The largest absolute Gasteiger partial charge is 0.349 e. The lowest BCUT2D eigenvalue weighted by Crippen LogP contribution is -2.25. The Labute approximate surface area is 178 Å². The van der Waals surface area contributed by atoms with Crippen molar-refractivity contribution in [1.29, 1.82) is 0 Å². The van der Waals surface area contributed by atoms with Crippen LogP contribution in [-0.2, 0) is 17.9 Å². The maximum atomic E-state index is 12.5. The number of carbonyl (C=O) groups excluding carboxylic acids is 2. The highest BCUT2D eigenvalue weighted by atomic mass is 35.5. The van der Waals surface area contributed by atoms with E-state index in [2.05, 4.69) is 30.9 Å². The fourth-order valence-corrected chi connectivity index (χ4v) is 2.84. The molecule has 30 heavy (non-hydrogen) atoms. The van der Waals surface area contributed by atoms with Gasteiger partial charge in [-0.05, 0) is 38.5 Å². The van der Waals surface area contributed by atoms with Crippen molar-refractivity contribution in [2.45, 2.75) is 33.9 Å². The first-order valence-corrected chi connectivity index (χ1v) is 9.84. The lowest BCUT2D eigenvalue weighted by Gasteiger charge is -2.10. The van der Waals surface area contributed by atoms with Gasteiger partial charge in [-0.25, -0.2) is 9.67 Å². The van der Waals surface area contributed by atoms with Crippen molar-refractivity contribution in [2.24, 2.45) is 0 Å². The normalized spacial score (nSPS) is 10.7. The first kappa shape index (κ1) is 21.4. The molecule has 2 N–H and O–H groups in total. The van der Waals surface area contributed by atoms with E-state index in [1.807, 2.05) is 38.1 Å². The summed E-state index contributed by atoms with van der Waals surface area (Å²) in [7, 11) is 0. The molecule has 0 bridgehead atoms. The molecule has 0 unspecified atom stereocenters. The summed E-state index contributed by atoms with van der Waals surface area (Å²) in [5, 5.41) is 13.6. The van der Waals surface area contributed by atoms with Gasteiger partial charge in [0.05, 0.1) is 35.5 Å². The summed E-state index contributed by atoms with van der Waals surface area (Å²) in [5.41, 5.74) is 4.75. The van der Waals surface area contributed by atoms with Crippen molar-refractivity contribution in [1.82, 2.24) is 35.6 Å². The van der Waals surface area contributed by atoms with E-state index >= 15 is 0 Å². The summed E-state index contributed by atoms with van der Waals surface area (Å²) < 4.78 is 1.60. The molecule has 3 aromatic rings. The van der Waals surface area contributed by atoms with Crippen molar-refractivity contribution >= 4 is 23.4 Å². The van der Waals surface area contributed by atoms with Crippen molar-refractivity contribution in [3.63, 3.8) is 0 Å². The van der Waals surface area contributed by atoms with Crippen LogP contribution in [0.2, 0.25) is 0 Å². The van der Waals surface area contributed by atoms with Crippen LogP contribution in [0.1, 0.15) is 38.8 Å². The fraction of sp³-hybridized carbons (Fsp3) is 0.300. The van der Waals surface area contributed by atoms with Gasteiger partial charge < -0.3 is 10.6 Å². The standard InChI is InChI=1S/C20H22ClN7O2/c1-12-13(2)25-19(14(3)24-12)20(30)23-9-15-5-4-6-17(7-15)28-11-16(26-27-28)10-22-18(29)8-21/h4-7,11H,8-10H2,1-3H3,(H,22,29)(H,23,30). The maximum absolute atomic E-state index is 12.5. The third kappa shape index (κ3) is 5.18. The van der Waals surface area contributed by atoms with Gasteiger partial charge in [-0.15, -0.1) is 16.7 Å². The number of rotatable bonds is 7. The van der Waals surface area contributed by atoms with Crippen molar-refractivity contribution in [3.05, 3.63) is 64.5 Å². The van der Waals surface area contributed by atoms with Gasteiger partial charge >= 0.3 is 0 Å². The molecule has 2 heterocycles. The molecule has 0 radical (unpaired) electrons. The van der Waals surface area contributed by atoms with Crippen LogP contribution in [0.25, 0.3) is 5.69 Å². The number of aryl methyl sites for hydroxylation is 3. The summed E-state index contributed by atoms with van der Waals surface area (Å²) >= 11 is 5.46. The Hall–Kier alpha value is -3.33. The maximum Gasteiger partial charge on any atom is 0.272 e. The van der Waals surface area contributed by atoms with Gasteiger partial charge in [0.1, 0.15) is 17.3 Å². The van der Waals surface area contributed by atoms with E-state index < -0.39 is 0 Å². The van der Waals surface area contributed by atoms with E-state index in [-0.39, 0.29) is 24.2 Å². The number of hydrogen-bond acceptors (Lipinski definition) is 6. The molecule has 1 aromatic carbocycles. The number of amides is 2. The fourth-order valence-electron chi connectivity index (χ4n) is 2.75. The molecule has 0 atom stereocenters. The Balaban J connectivity index is 1.66. The summed E-state index contributed by atoms with van der Waals surface area (Å²) in [4.78, 5) is 32.5. The first-order valence-electron chi connectivity index (χ1n) is 9.30. The van der Waals surface area contributed by atoms with Crippen LogP contribution in [0.3, 0.4) is 0 Å². The molecule has 3 rings (SSSR count). The van der Waals surface area contributed by atoms with Gasteiger partial charge in [0, 0.05) is 6.54 Å². The van der Waals surface area contributed by atoms with Crippen LogP contribution in [0.5, 0.6) is 0 Å². The van der Waals surface area contributed by atoms with Gasteiger partial charge in [0.15, 0.2) is 0 Å². The highest BCUT2D eigenvalue weighted by Gasteiger charge is 2.14. The minimum Gasteiger partial charge on any atom is -0.349 e. The second-order valence-corrected chi connectivity index (χ2v) is 7.01.